The lowest BCUT2D eigenvalue weighted by atomic mass is 9.86. The van der Waals surface area contributed by atoms with Gasteiger partial charge >= 0.3 is 5.84 Å². The fraction of sp³-hybridized carbons (Fsp3) is 0.455. The average Bonchev–Trinajstić information content (AvgIpc) is 2.11. The third kappa shape index (κ3) is 4.94. The van der Waals surface area contributed by atoms with Crippen molar-refractivity contribution in [3.8, 4) is 5.75 Å². The van der Waals surface area contributed by atoms with Crippen LogP contribution in [0.2, 0.25) is 0 Å². The zero-order valence-electron chi connectivity index (χ0n) is 10.2. The van der Waals surface area contributed by atoms with Gasteiger partial charge in [0, 0.05) is 5.56 Å². The van der Waals surface area contributed by atoms with Gasteiger partial charge in [-0.05, 0) is 47.0 Å². The lowest BCUT2D eigenvalue weighted by Crippen LogP contribution is -2.13. The van der Waals surface area contributed by atoms with E-state index in [-0.39, 0.29) is 5.41 Å². The summed E-state index contributed by atoms with van der Waals surface area (Å²) in [5.41, 5.74) is 1.89. The Kier molecular flexibility index (Phi) is 4.61. The van der Waals surface area contributed by atoms with Crippen molar-refractivity contribution in [1.29, 1.82) is 0 Å². The van der Waals surface area contributed by atoms with Crippen molar-refractivity contribution in [1.82, 2.24) is 0 Å². The van der Waals surface area contributed by atoms with Gasteiger partial charge in [-0.3, -0.25) is 0 Å². The largest absolute Gasteiger partial charge is 0.331 e. The molecule has 1 aromatic carbocycles. The molecule has 0 fully saturated rings. The molecule has 0 aliphatic carbocycles. The number of aryl methyl sites for hydroxylation is 1. The van der Waals surface area contributed by atoms with E-state index in [1.165, 1.54) is 0 Å². The Hall–Kier alpha value is -0.120. The van der Waals surface area contributed by atoms with Crippen LogP contribution in [0.1, 0.15) is 31.9 Å². The van der Waals surface area contributed by atoms with E-state index in [9.17, 15) is 4.89 Å². The summed E-state index contributed by atoms with van der Waals surface area (Å²) < 4.78 is 4.65. The summed E-state index contributed by atoms with van der Waals surface area (Å²) >= 11 is 9.96. The fourth-order valence-electron chi connectivity index (χ4n) is 1.40. The Labute approximate surface area is 112 Å². The van der Waals surface area contributed by atoms with Gasteiger partial charge in [-0.15, -0.1) is 4.67 Å². The van der Waals surface area contributed by atoms with Crippen molar-refractivity contribution in [3.63, 3.8) is 0 Å². The molecular formula is C11H16ClO3PS. The van der Waals surface area contributed by atoms with Gasteiger partial charge in [-0.1, -0.05) is 32.9 Å². The van der Waals surface area contributed by atoms with E-state index < -0.39 is 5.84 Å². The van der Waals surface area contributed by atoms with Crippen molar-refractivity contribution >= 4 is 28.9 Å². The van der Waals surface area contributed by atoms with E-state index in [1.807, 2.05) is 25.1 Å². The van der Waals surface area contributed by atoms with Crippen LogP contribution >= 0.6 is 17.1 Å². The van der Waals surface area contributed by atoms with Gasteiger partial charge in [0.2, 0.25) is 0 Å². The molecule has 17 heavy (non-hydrogen) atoms. The number of hydrogen-bond acceptors (Lipinski definition) is 3. The molecule has 1 rings (SSSR count). The maximum atomic E-state index is 9.19. The van der Waals surface area contributed by atoms with Crippen molar-refractivity contribution in [2.75, 3.05) is 0 Å². The first-order valence-corrected chi connectivity index (χ1v) is 8.67. The highest BCUT2D eigenvalue weighted by Gasteiger charge is 2.21. The van der Waals surface area contributed by atoms with Gasteiger partial charge < -0.3 is 9.78 Å². The Morgan fingerprint density at radius 3 is 2.41 bits per heavy atom. The van der Waals surface area contributed by atoms with Crippen molar-refractivity contribution < 1.29 is 14.5 Å². The summed E-state index contributed by atoms with van der Waals surface area (Å²) in [6.07, 6.45) is 0. The summed E-state index contributed by atoms with van der Waals surface area (Å²) in [6, 6.07) is 5.77. The van der Waals surface area contributed by atoms with Crippen LogP contribution in [-0.4, -0.2) is 4.89 Å². The molecule has 0 aromatic heterocycles. The van der Waals surface area contributed by atoms with Gasteiger partial charge in [-0.2, -0.15) is 0 Å². The van der Waals surface area contributed by atoms with E-state index in [2.05, 4.69) is 37.3 Å². The molecule has 0 aliphatic rings. The number of benzene rings is 1. The standard InChI is InChI=1S/C11H16ClO3PS/c1-8-5-6-9(11(2,3)4)10(7-8)14-15-16(12,13)17/h5-7H,1-4H3,(H,13,17). The smallest absolute Gasteiger partial charge is 0.321 e. The summed E-state index contributed by atoms with van der Waals surface area (Å²) in [5.74, 6) is -2.81. The Morgan fingerprint density at radius 2 is 1.94 bits per heavy atom. The lowest BCUT2D eigenvalue weighted by molar-refractivity contribution is -0.0968. The predicted octanol–water partition coefficient (Wildman–Crippen LogP) is 4.06. The maximum absolute atomic E-state index is 9.19. The summed E-state index contributed by atoms with van der Waals surface area (Å²) in [6.45, 7) is 8.11. The van der Waals surface area contributed by atoms with E-state index in [0.29, 0.717) is 5.75 Å². The minimum Gasteiger partial charge on any atom is -0.331 e. The molecule has 3 nitrogen and oxygen atoms in total. The fourth-order valence-corrected chi connectivity index (χ4v) is 1.75. The lowest BCUT2D eigenvalue weighted by Gasteiger charge is -2.22. The second-order valence-corrected chi connectivity index (χ2v) is 9.37. The molecule has 1 atom stereocenters. The quantitative estimate of drug-likeness (QED) is 0.518. The summed E-state index contributed by atoms with van der Waals surface area (Å²) in [4.78, 5) is 14.3. The number of rotatable bonds is 3. The van der Waals surface area contributed by atoms with Crippen LogP contribution in [0.25, 0.3) is 0 Å². The van der Waals surface area contributed by atoms with E-state index >= 15 is 0 Å². The molecule has 0 heterocycles. The van der Waals surface area contributed by atoms with Crippen molar-refractivity contribution in [3.05, 3.63) is 29.3 Å². The molecule has 0 bridgehead atoms. The zero-order chi connectivity index (χ0) is 13.3. The van der Waals surface area contributed by atoms with Crippen LogP contribution in [0.3, 0.4) is 0 Å². The highest BCUT2D eigenvalue weighted by Crippen LogP contribution is 2.48. The molecule has 1 aromatic rings. The second-order valence-electron chi connectivity index (χ2n) is 4.86. The van der Waals surface area contributed by atoms with Gasteiger partial charge in [0.05, 0.1) is 0 Å². The van der Waals surface area contributed by atoms with Gasteiger partial charge in [0.25, 0.3) is 0 Å². The topological polar surface area (TPSA) is 38.7 Å². The normalized spacial score (nSPS) is 15.4. The van der Waals surface area contributed by atoms with Gasteiger partial charge in [-0.25, -0.2) is 0 Å². The summed E-state index contributed by atoms with van der Waals surface area (Å²) in [5, 5.41) is 0. The van der Waals surface area contributed by atoms with Crippen molar-refractivity contribution in [2.45, 2.75) is 33.1 Å². The minimum absolute atomic E-state index is 0.100. The summed E-state index contributed by atoms with van der Waals surface area (Å²) in [7, 11) is 0. The van der Waals surface area contributed by atoms with Crippen LogP contribution in [0.5, 0.6) is 5.75 Å². The zero-order valence-corrected chi connectivity index (χ0v) is 12.7. The van der Waals surface area contributed by atoms with Gasteiger partial charge in [0.1, 0.15) is 0 Å². The Bertz CT molecular complexity index is 451. The van der Waals surface area contributed by atoms with Crippen LogP contribution in [0.15, 0.2) is 18.2 Å². The van der Waals surface area contributed by atoms with Crippen LogP contribution in [0, 0.1) is 6.92 Å². The highest BCUT2D eigenvalue weighted by molar-refractivity contribution is 8.21. The molecule has 0 spiro atoms. The Balaban J connectivity index is 3.04. The van der Waals surface area contributed by atoms with Crippen molar-refractivity contribution in [2.24, 2.45) is 0 Å². The molecule has 1 N–H and O–H groups in total. The molecule has 1 unspecified atom stereocenters. The molecular weight excluding hydrogens is 279 g/mol. The third-order valence-corrected chi connectivity index (χ3v) is 2.77. The Morgan fingerprint density at radius 1 is 1.35 bits per heavy atom. The molecule has 96 valence electrons. The monoisotopic (exact) mass is 294 g/mol. The maximum Gasteiger partial charge on any atom is 0.321 e. The second kappa shape index (κ2) is 5.25. The third-order valence-electron chi connectivity index (χ3n) is 2.16. The SMILES string of the molecule is Cc1ccc(C(C)(C)C)c(OOP(O)(=S)Cl)c1. The molecule has 6 heteroatoms. The van der Waals surface area contributed by atoms with Crippen LogP contribution < -0.4 is 4.89 Å². The first-order chi connectivity index (χ1) is 7.59. The first kappa shape index (κ1) is 14.9. The van der Waals surface area contributed by atoms with Gasteiger partial charge in [0.15, 0.2) is 5.75 Å². The van der Waals surface area contributed by atoms with Crippen LogP contribution in [-0.2, 0) is 21.9 Å². The molecule has 0 saturated carbocycles. The minimum atomic E-state index is -3.34. The average molecular weight is 295 g/mol. The highest BCUT2D eigenvalue weighted by atomic mass is 35.7. The van der Waals surface area contributed by atoms with E-state index in [4.69, 9.17) is 16.1 Å². The number of halogens is 1. The molecule has 0 amide bonds. The molecule has 0 radical (unpaired) electrons. The first-order valence-electron chi connectivity index (χ1n) is 5.09. The number of hydrogen-bond donors (Lipinski definition) is 1. The van der Waals surface area contributed by atoms with E-state index in [0.717, 1.165) is 11.1 Å². The van der Waals surface area contributed by atoms with Crippen LogP contribution in [0.4, 0.5) is 0 Å². The van der Waals surface area contributed by atoms with E-state index in [1.54, 1.807) is 0 Å². The molecule has 0 aliphatic heterocycles. The predicted molar refractivity (Wildman–Crippen MR) is 73.9 cm³/mol. The molecule has 0 saturated heterocycles.